The Morgan fingerprint density at radius 2 is 0.447 bits per heavy atom. The fraction of sp³-hybridized carbons (Fsp3) is 0.952. The molecule has 103 heavy (non-hydrogen) atoms. The zero-order valence-electron chi connectivity index (χ0n) is 67.8. The van der Waals surface area contributed by atoms with Crippen LogP contribution < -0.4 is 0 Å². The molecule has 0 aromatic heterocycles. The lowest BCUT2D eigenvalue weighted by atomic mass is 10.0. The first-order chi connectivity index (χ1) is 49.7. The van der Waals surface area contributed by atoms with Crippen molar-refractivity contribution in [3.05, 3.63) is 0 Å². The predicted molar refractivity (Wildman–Crippen MR) is 423 cm³/mol. The monoisotopic (exact) mass is 1510 g/mol. The molecule has 0 spiro atoms. The van der Waals surface area contributed by atoms with Crippen molar-refractivity contribution in [2.75, 3.05) is 39.6 Å². The minimum absolute atomic E-state index is 0.106. The van der Waals surface area contributed by atoms with Crippen LogP contribution in [0, 0.1) is 17.8 Å². The summed E-state index contributed by atoms with van der Waals surface area (Å²) < 4.78 is 68.8. The van der Waals surface area contributed by atoms with Crippen LogP contribution in [0.25, 0.3) is 0 Å². The highest BCUT2D eigenvalue weighted by molar-refractivity contribution is 7.47. The van der Waals surface area contributed by atoms with Crippen molar-refractivity contribution >= 4 is 39.5 Å². The number of carbonyl (C=O) groups is 4. The van der Waals surface area contributed by atoms with Gasteiger partial charge in [0.1, 0.15) is 19.3 Å². The van der Waals surface area contributed by atoms with E-state index in [0.29, 0.717) is 31.6 Å². The Balaban J connectivity index is 5.24. The van der Waals surface area contributed by atoms with Crippen LogP contribution >= 0.6 is 15.6 Å². The van der Waals surface area contributed by atoms with Crippen molar-refractivity contribution in [3.8, 4) is 0 Å². The molecule has 17 nitrogen and oxygen atoms in total. The number of rotatable bonds is 82. The molecule has 0 aromatic carbocycles. The summed E-state index contributed by atoms with van der Waals surface area (Å²) in [4.78, 5) is 73.1. The molecular formula is C84H164O17P2. The van der Waals surface area contributed by atoms with Gasteiger partial charge in [-0.3, -0.25) is 37.3 Å². The zero-order valence-corrected chi connectivity index (χ0v) is 69.6. The molecule has 0 saturated carbocycles. The van der Waals surface area contributed by atoms with E-state index in [2.05, 4.69) is 48.5 Å². The van der Waals surface area contributed by atoms with Crippen LogP contribution in [0.5, 0.6) is 0 Å². The number of phosphoric ester groups is 2. The highest BCUT2D eigenvalue weighted by Gasteiger charge is 2.30. The summed E-state index contributed by atoms with van der Waals surface area (Å²) in [5.41, 5.74) is 0. The van der Waals surface area contributed by atoms with Crippen molar-refractivity contribution in [2.45, 2.75) is 458 Å². The second-order valence-corrected chi connectivity index (χ2v) is 34.6. The van der Waals surface area contributed by atoms with Gasteiger partial charge in [0.15, 0.2) is 12.2 Å². The summed E-state index contributed by atoms with van der Waals surface area (Å²) in [7, 11) is -9.93. The summed E-state index contributed by atoms with van der Waals surface area (Å²) in [6.45, 7) is 12.0. The Labute approximate surface area is 632 Å². The summed E-state index contributed by atoms with van der Waals surface area (Å²) in [5, 5.41) is 10.7. The number of aliphatic hydroxyl groups excluding tert-OH is 1. The van der Waals surface area contributed by atoms with Crippen LogP contribution in [0.4, 0.5) is 0 Å². The second-order valence-electron chi connectivity index (χ2n) is 31.6. The zero-order chi connectivity index (χ0) is 75.8. The van der Waals surface area contributed by atoms with Crippen LogP contribution in [0.3, 0.4) is 0 Å². The van der Waals surface area contributed by atoms with Gasteiger partial charge >= 0.3 is 39.5 Å². The average Bonchev–Trinajstić information content (AvgIpc) is 0.924. The molecule has 0 amide bonds. The molecule has 2 unspecified atom stereocenters. The van der Waals surface area contributed by atoms with E-state index in [4.69, 9.17) is 37.0 Å². The van der Waals surface area contributed by atoms with Crippen molar-refractivity contribution in [2.24, 2.45) is 17.8 Å². The fourth-order valence-corrected chi connectivity index (χ4v) is 14.6. The van der Waals surface area contributed by atoms with E-state index in [1.54, 1.807) is 0 Å². The summed E-state index contributed by atoms with van der Waals surface area (Å²) in [6.07, 6.45) is 63.9. The molecule has 0 radical (unpaired) electrons. The van der Waals surface area contributed by atoms with Crippen LogP contribution in [-0.4, -0.2) is 96.7 Å². The molecule has 0 fully saturated rings. The molecular weight excluding hydrogens is 1340 g/mol. The smallest absolute Gasteiger partial charge is 0.462 e. The number of aliphatic hydroxyl groups is 1. The van der Waals surface area contributed by atoms with Crippen molar-refractivity contribution in [1.82, 2.24) is 0 Å². The van der Waals surface area contributed by atoms with Crippen LogP contribution in [0.15, 0.2) is 0 Å². The lowest BCUT2D eigenvalue weighted by molar-refractivity contribution is -0.161. The van der Waals surface area contributed by atoms with Gasteiger partial charge in [-0.25, -0.2) is 9.13 Å². The third-order valence-corrected chi connectivity index (χ3v) is 21.5. The largest absolute Gasteiger partial charge is 0.472 e. The van der Waals surface area contributed by atoms with Gasteiger partial charge in [0.25, 0.3) is 0 Å². The third-order valence-electron chi connectivity index (χ3n) is 19.6. The molecule has 19 heteroatoms. The maximum Gasteiger partial charge on any atom is 0.472 e. The Kier molecular flexibility index (Phi) is 72.8. The van der Waals surface area contributed by atoms with E-state index in [1.165, 1.54) is 244 Å². The van der Waals surface area contributed by atoms with Crippen LogP contribution in [0.2, 0.25) is 0 Å². The number of unbranched alkanes of at least 4 members (excludes halogenated alkanes) is 50. The molecule has 0 aliphatic heterocycles. The first kappa shape index (κ1) is 101. The van der Waals surface area contributed by atoms with Crippen molar-refractivity contribution in [3.63, 3.8) is 0 Å². The number of esters is 4. The molecule has 0 aliphatic rings. The quantitative estimate of drug-likeness (QED) is 0.0222. The molecule has 5 atom stereocenters. The van der Waals surface area contributed by atoms with Crippen LogP contribution in [0.1, 0.15) is 440 Å². The summed E-state index contributed by atoms with van der Waals surface area (Å²) in [6, 6.07) is 0. The fourth-order valence-electron chi connectivity index (χ4n) is 13.0. The molecule has 0 aromatic rings. The molecule has 3 N–H and O–H groups in total. The lowest BCUT2D eigenvalue weighted by Crippen LogP contribution is -2.30. The van der Waals surface area contributed by atoms with Gasteiger partial charge in [0.05, 0.1) is 26.4 Å². The van der Waals surface area contributed by atoms with E-state index < -0.39 is 97.5 Å². The number of carbonyl (C=O) groups excluding carboxylic acids is 4. The third kappa shape index (κ3) is 78.0. The summed E-state index contributed by atoms with van der Waals surface area (Å²) >= 11 is 0. The van der Waals surface area contributed by atoms with E-state index in [-0.39, 0.29) is 25.7 Å². The molecule has 0 bridgehead atoms. The molecule has 0 aliphatic carbocycles. The summed E-state index contributed by atoms with van der Waals surface area (Å²) in [5.74, 6) is 0.193. The first-order valence-corrected chi connectivity index (χ1v) is 46.3. The Bertz CT molecular complexity index is 1990. The number of hydrogen-bond donors (Lipinski definition) is 3. The normalized spacial score (nSPS) is 13.9. The van der Waals surface area contributed by atoms with Gasteiger partial charge in [-0.2, -0.15) is 0 Å². The van der Waals surface area contributed by atoms with Crippen LogP contribution in [-0.2, 0) is 65.4 Å². The molecule has 612 valence electrons. The van der Waals surface area contributed by atoms with Gasteiger partial charge < -0.3 is 33.8 Å². The van der Waals surface area contributed by atoms with E-state index in [9.17, 15) is 43.2 Å². The SMILES string of the molecule is CCCCCCCCCCCCCCCCCCCCC(=O)OC[C@H](COP(=O)(O)OC[C@@H](O)COP(=O)(O)OC[C@@H](COC(=O)CCCCCCCCCC(C)C)OC(=O)CCCCCCCCCCCCCCCC(C)C)OC(=O)CCCCCCCCCCCCCCCCCCC(C)C. The van der Waals surface area contributed by atoms with Gasteiger partial charge in [-0.1, -0.05) is 389 Å². The predicted octanol–water partition coefficient (Wildman–Crippen LogP) is 25.3. The molecule has 0 rings (SSSR count). The van der Waals surface area contributed by atoms with Gasteiger partial charge in [-0.05, 0) is 43.4 Å². The Hall–Kier alpha value is -1.94. The number of ether oxygens (including phenoxy) is 4. The van der Waals surface area contributed by atoms with Gasteiger partial charge in [0, 0.05) is 25.7 Å². The Morgan fingerprint density at radius 3 is 0.660 bits per heavy atom. The van der Waals surface area contributed by atoms with E-state index in [0.717, 1.165) is 108 Å². The average molecular weight is 1510 g/mol. The Morgan fingerprint density at radius 1 is 0.262 bits per heavy atom. The van der Waals surface area contributed by atoms with E-state index in [1.807, 2.05) is 0 Å². The maximum atomic E-state index is 13.1. The minimum Gasteiger partial charge on any atom is -0.462 e. The van der Waals surface area contributed by atoms with Crippen molar-refractivity contribution < 1.29 is 80.2 Å². The molecule has 0 saturated heterocycles. The van der Waals surface area contributed by atoms with Gasteiger partial charge in [0.2, 0.25) is 0 Å². The minimum atomic E-state index is -4.96. The van der Waals surface area contributed by atoms with Gasteiger partial charge in [-0.15, -0.1) is 0 Å². The second kappa shape index (κ2) is 74.2. The highest BCUT2D eigenvalue weighted by atomic mass is 31.2. The highest BCUT2D eigenvalue weighted by Crippen LogP contribution is 2.45. The number of hydrogen-bond acceptors (Lipinski definition) is 15. The number of phosphoric acid groups is 2. The van der Waals surface area contributed by atoms with Crippen molar-refractivity contribution in [1.29, 1.82) is 0 Å². The lowest BCUT2D eigenvalue weighted by Gasteiger charge is -2.21. The van der Waals surface area contributed by atoms with E-state index >= 15 is 0 Å². The molecule has 0 heterocycles. The maximum absolute atomic E-state index is 13.1. The first-order valence-electron chi connectivity index (χ1n) is 43.3. The topological polar surface area (TPSA) is 237 Å². The standard InChI is InChI=1S/C84H164O17P2/c1-8-9-10-11-12-13-14-15-16-17-18-22-27-32-37-44-51-58-65-81(86)94-71-79(100-83(88)67-60-53-45-38-33-28-23-20-19-21-25-30-35-41-48-55-62-75(2)3)73-98-102(90,91)96-69-78(85)70-97-103(92,93)99-74-80(72-95-82(87)66-59-52-47-40-43-50-57-64-77(6)7)101-84(89)68-61-54-46-39-34-29-24-26-31-36-42-49-56-63-76(4)5/h75-80,85H,8-74H2,1-7H3,(H,90,91)(H,92,93)/t78-,79-,80-/m1/s1.